The average molecular weight is 449 g/mol. The SMILES string of the molecule is N#Cc1cc(-c2cncc(Cl)n2)c(C2CC2)nc1N1CCN(C(=O)C2CC2)C(C2CC2)C1. The molecular weight excluding hydrogens is 424 g/mol. The van der Waals surface area contributed by atoms with Gasteiger partial charge >= 0.3 is 0 Å². The van der Waals surface area contributed by atoms with E-state index in [-0.39, 0.29) is 12.0 Å². The lowest BCUT2D eigenvalue weighted by molar-refractivity contribution is -0.135. The minimum atomic E-state index is 0.230. The zero-order valence-electron chi connectivity index (χ0n) is 17.9. The van der Waals surface area contributed by atoms with Crippen molar-refractivity contribution in [3.05, 3.63) is 34.9 Å². The fraction of sp³-hybridized carbons (Fsp3) is 0.542. The number of amides is 1. The van der Waals surface area contributed by atoms with Gasteiger partial charge in [0.15, 0.2) is 0 Å². The molecule has 2 aromatic heterocycles. The molecule has 4 fully saturated rings. The summed E-state index contributed by atoms with van der Waals surface area (Å²) in [6.07, 6.45) is 9.82. The average Bonchev–Trinajstić information content (AvgIpc) is 3.66. The second kappa shape index (κ2) is 7.70. The van der Waals surface area contributed by atoms with Gasteiger partial charge in [0.05, 0.1) is 35.4 Å². The Morgan fingerprint density at radius 3 is 2.56 bits per heavy atom. The zero-order valence-corrected chi connectivity index (χ0v) is 18.6. The second-order valence-electron chi connectivity index (χ2n) is 9.56. The van der Waals surface area contributed by atoms with Crippen LogP contribution >= 0.6 is 11.6 Å². The number of pyridine rings is 1. The summed E-state index contributed by atoms with van der Waals surface area (Å²) in [5.41, 5.74) is 3.03. The largest absolute Gasteiger partial charge is 0.352 e. The second-order valence-corrected chi connectivity index (χ2v) is 9.95. The van der Waals surface area contributed by atoms with Crippen LogP contribution in [0.15, 0.2) is 18.5 Å². The number of nitrogens with zero attached hydrogens (tertiary/aromatic N) is 6. The van der Waals surface area contributed by atoms with Gasteiger partial charge in [0, 0.05) is 37.0 Å². The van der Waals surface area contributed by atoms with Crippen molar-refractivity contribution in [1.29, 1.82) is 5.26 Å². The summed E-state index contributed by atoms with van der Waals surface area (Å²) in [7, 11) is 0. The van der Waals surface area contributed by atoms with Gasteiger partial charge in [-0.2, -0.15) is 5.26 Å². The van der Waals surface area contributed by atoms with Crippen molar-refractivity contribution < 1.29 is 4.79 Å². The predicted molar refractivity (Wildman–Crippen MR) is 120 cm³/mol. The Labute approximate surface area is 192 Å². The first-order chi connectivity index (χ1) is 15.6. The Morgan fingerprint density at radius 1 is 1.09 bits per heavy atom. The number of aromatic nitrogens is 3. The van der Waals surface area contributed by atoms with Crippen LogP contribution in [-0.4, -0.2) is 51.4 Å². The van der Waals surface area contributed by atoms with E-state index < -0.39 is 0 Å². The monoisotopic (exact) mass is 448 g/mol. The third-order valence-electron chi connectivity index (χ3n) is 7.09. The van der Waals surface area contributed by atoms with Crippen LogP contribution in [0.4, 0.5) is 5.82 Å². The molecule has 2 aromatic rings. The highest BCUT2D eigenvalue weighted by Crippen LogP contribution is 2.45. The summed E-state index contributed by atoms with van der Waals surface area (Å²) in [6, 6.07) is 4.50. The summed E-state index contributed by atoms with van der Waals surface area (Å²) < 4.78 is 0. The van der Waals surface area contributed by atoms with E-state index in [2.05, 4.69) is 25.8 Å². The van der Waals surface area contributed by atoms with E-state index in [9.17, 15) is 10.1 Å². The number of halogens is 1. The first-order valence-electron chi connectivity index (χ1n) is 11.6. The molecule has 1 amide bonds. The highest BCUT2D eigenvalue weighted by Gasteiger charge is 2.45. The van der Waals surface area contributed by atoms with E-state index in [4.69, 9.17) is 16.6 Å². The van der Waals surface area contributed by atoms with Crippen molar-refractivity contribution in [1.82, 2.24) is 19.9 Å². The normalized spacial score (nSPS) is 23.2. The first-order valence-corrected chi connectivity index (χ1v) is 12.0. The third kappa shape index (κ3) is 3.71. The lowest BCUT2D eigenvalue weighted by Crippen LogP contribution is -2.57. The molecule has 1 unspecified atom stereocenters. The predicted octanol–water partition coefficient (Wildman–Crippen LogP) is 3.78. The lowest BCUT2D eigenvalue weighted by atomic mass is 10.0. The molecule has 1 saturated heterocycles. The number of carbonyl (C=O) groups excluding carboxylic acids is 1. The maximum absolute atomic E-state index is 12.9. The molecule has 1 atom stereocenters. The molecule has 4 aliphatic rings. The zero-order chi connectivity index (χ0) is 21.8. The number of hydrogen-bond acceptors (Lipinski definition) is 6. The van der Waals surface area contributed by atoms with Gasteiger partial charge in [0.25, 0.3) is 0 Å². The van der Waals surface area contributed by atoms with E-state index in [1.807, 2.05) is 6.07 Å². The molecule has 3 saturated carbocycles. The molecule has 164 valence electrons. The maximum Gasteiger partial charge on any atom is 0.226 e. The Morgan fingerprint density at radius 2 is 1.91 bits per heavy atom. The number of hydrogen-bond donors (Lipinski definition) is 0. The van der Waals surface area contributed by atoms with Crippen molar-refractivity contribution in [2.75, 3.05) is 24.5 Å². The lowest BCUT2D eigenvalue weighted by Gasteiger charge is -2.43. The summed E-state index contributed by atoms with van der Waals surface area (Å²) in [5, 5.41) is 10.3. The van der Waals surface area contributed by atoms with Gasteiger partial charge in [0.2, 0.25) is 5.91 Å². The molecule has 1 aliphatic heterocycles. The Hall–Kier alpha value is -2.72. The molecule has 3 heterocycles. The summed E-state index contributed by atoms with van der Waals surface area (Å²) in [5.74, 6) is 2.29. The van der Waals surface area contributed by atoms with Gasteiger partial charge in [0.1, 0.15) is 17.0 Å². The molecule has 0 spiro atoms. The number of anilines is 1. The Balaban J connectivity index is 1.35. The maximum atomic E-state index is 12.9. The standard InChI is InChI=1S/C24H25ClN6O/c25-21-12-27-11-19(28-21)18-9-17(10-26)23(29-22(18)15-3-4-15)30-7-8-31(24(32)16-5-6-16)20(13-30)14-1-2-14/h9,11-12,14-16,20H,1-8,13H2. The third-order valence-corrected chi connectivity index (χ3v) is 7.27. The molecule has 0 aromatic carbocycles. The van der Waals surface area contributed by atoms with Gasteiger partial charge in [-0.3, -0.25) is 9.78 Å². The Kier molecular flexibility index (Phi) is 4.80. The van der Waals surface area contributed by atoms with Crippen LogP contribution in [0.3, 0.4) is 0 Å². The fourth-order valence-electron chi connectivity index (χ4n) is 4.91. The van der Waals surface area contributed by atoms with E-state index in [0.29, 0.717) is 47.2 Å². The molecule has 0 N–H and O–H groups in total. The highest BCUT2D eigenvalue weighted by atomic mass is 35.5. The summed E-state index contributed by atoms with van der Waals surface area (Å²) in [6.45, 7) is 2.18. The molecule has 32 heavy (non-hydrogen) atoms. The van der Waals surface area contributed by atoms with Gasteiger partial charge in [-0.1, -0.05) is 11.6 Å². The van der Waals surface area contributed by atoms with Crippen LogP contribution in [0.5, 0.6) is 0 Å². The molecule has 0 radical (unpaired) electrons. The van der Waals surface area contributed by atoms with E-state index in [0.717, 1.165) is 49.3 Å². The van der Waals surface area contributed by atoms with Gasteiger partial charge < -0.3 is 9.80 Å². The van der Waals surface area contributed by atoms with Gasteiger partial charge in [-0.25, -0.2) is 9.97 Å². The fourth-order valence-corrected chi connectivity index (χ4v) is 5.06. The van der Waals surface area contributed by atoms with Crippen molar-refractivity contribution in [2.24, 2.45) is 11.8 Å². The van der Waals surface area contributed by atoms with E-state index in [1.54, 1.807) is 6.20 Å². The van der Waals surface area contributed by atoms with E-state index >= 15 is 0 Å². The van der Waals surface area contributed by atoms with Crippen LogP contribution in [0, 0.1) is 23.2 Å². The van der Waals surface area contributed by atoms with Crippen molar-refractivity contribution in [2.45, 2.75) is 50.5 Å². The number of carbonyl (C=O) groups is 1. The molecule has 7 nitrogen and oxygen atoms in total. The number of nitriles is 1. The van der Waals surface area contributed by atoms with Crippen LogP contribution < -0.4 is 4.90 Å². The summed E-state index contributed by atoms with van der Waals surface area (Å²) >= 11 is 6.09. The van der Waals surface area contributed by atoms with Crippen LogP contribution in [0.2, 0.25) is 5.15 Å². The van der Waals surface area contributed by atoms with Crippen molar-refractivity contribution in [3.8, 4) is 17.3 Å². The molecule has 6 rings (SSSR count). The number of rotatable bonds is 5. The Bertz CT molecular complexity index is 1120. The van der Waals surface area contributed by atoms with Crippen LogP contribution in [-0.2, 0) is 4.79 Å². The van der Waals surface area contributed by atoms with E-state index in [1.165, 1.54) is 19.0 Å². The molecule has 3 aliphatic carbocycles. The molecule has 0 bridgehead atoms. The minimum Gasteiger partial charge on any atom is -0.352 e. The molecular formula is C24H25ClN6O. The quantitative estimate of drug-likeness (QED) is 0.691. The highest BCUT2D eigenvalue weighted by molar-refractivity contribution is 6.29. The van der Waals surface area contributed by atoms with Gasteiger partial charge in [-0.15, -0.1) is 0 Å². The van der Waals surface area contributed by atoms with Crippen molar-refractivity contribution >= 4 is 23.3 Å². The topological polar surface area (TPSA) is 86.0 Å². The minimum absolute atomic E-state index is 0.230. The van der Waals surface area contributed by atoms with Crippen LogP contribution in [0.1, 0.15) is 55.7 Å². The molecule has 8 heteroatoms. The van der Waals surface area contributed by atoms with Crippen molar-refractivity contribution in [3.63, 3.8) is 0 Å². The first kappa shape index (κ1) is 19.9. The number of piperazine rings is 1. The smallest absolute Gasteiger partial charge is 0.226 e. The summed E-state index contributed by atoms with van der Waals surface area (Å²) in [4.78, 5) is 30.9. The van der Waals surface area contributed by atoms with Crippen LogP contribution in [0.25, 0.3) is 11.3 Å². The van der Waals surface area contributed by atoms with Gasteiger partial charge in [-0.05, 0) is 50.5 Å².